The summed E-state index contributed by atoms with van der Waals surface area (Å²) in [7, 11) is -3.25. The maximum Gasteiger partial charge on any atom is 0.321 e. The van der Waals surface area contributed by atoms with Crippen molar-refractivity contribution in [2.75, 3.05) is 24.2 Å². The fourth-order valence-electron chi connectivity index (χ4n) is 2.32. The van der Waals surface area contributed by atoms with E-state index in [0.717, 1.165) is 0 Å². The van der Waals surface area contributed by atoms with Crippen molar-refractivity contribution >= 4 is 21.6 Å². The third-order valence-electron chi connectivity index (χ3n) is 4.18. The molecule has 0 radical (unpaired) electrons. The fourth-order valence-corrected chi connectivity index (χ4v) is 3.74. The number of urea groups is 1. The van der Waals surface area contributed by atoms with Gasteiger partial charge in [0, 0.05) is 13.1 Å². The Hall–Kier alpha value is -1.63. The molecule has 2 rings (SSSR count). The lowest BCUT2D eigenvalue weighted by Crippen LogP contribution is -2.37. The molecule has 0 aromatic heterocycles. The first-order chi connectivity index (χ1) is 10.1. The molecule has 1 saturated heterocycles. The molecule has 0 atom stereocenters. The standard InChI is InChI=1S/C15H21FN2O3S/c1-11-5-4-6-12(13(11)16)17-14(19)18-8-7-15(2,3)22(20,21)10-9-18/h4-6H,7-10H2,1-3H3,(H,17,19). The number of halogens is 1. The van der Waals surface area contributed by atoms with Crippen molar-refractivity contribution in [2.45, 2.75) is 31.9 Å². The number of aryl methyl sites for hydroxylation is 1. The molecule has 0 aliphatic carbocycles. The zero-order valence-electron chi connectivity index (χ0n) is 13.0. The Labute approximate surface area is 130 Å². The van der Waals surface area contributed by atoms with Crippen molar-refractivity contribution in [3.63, 3.8) is 0 Å². The van der Waals surface area contributed by atoms with E-state index in [1.807, 2.05) is 0 Å². The number of rotatable bonds is 1. The van der Waals surface area contributed by atoms with Crippen molar-refractivity contribution in [2.24, 2.45) is 0 Å². The van der Waals surface area contributed by atoms with Crippen LogP contribution in [0.2, 0.25) is 0 Å². The smallest absolute Gasteiger partial charge is 0.321 e. The van der Waals surface area contributed by atoms with Crippen LogP contribution < -0.4 is 5.32 Å². The summed E-state index contributed by atoms with van der Waals surface area (Å²) in [5, 5.41) is 2.52. The highest BCUT2D eigenvalue weighted by Gasteiger charge is 2.38. The van der Waals surface area contributed by atoms with Crippen molar-refractivity contribution in [1.82, 2.24) is 4.90 Å². The van der Waals surface area contributed by atoms with E-state index < -0.39 is 26.4 Å². The van der Waals surface area contributed by atoms with Crippen LogP contribution in [-0.4, -0.2) is 42.9 Å². The Morgan fingerprint density at radius 2 is 2.00 bits per heavy atom. The number of carbonyl (C=O) groups is 1. The third kappa shape index (κ3) is 3.24. The van der Waals surface area contributed by atoms with Crippen LogP contribution in [0.4, 0.5) is 14.9 Å². The van der Waals surface area contributed by atoms with Crippen LogP contribution in [0, 0.1) is 12.7 Å². The molecule has 1 heterocycles. The molecule has 5 nitrogen and oxygen atoms in total. The van der Waals surface area contributed by atoms with E-state index in [1.54, 1.807) is 32.9 Å². The lowest BCUT2D eigenvalue weighted by molar-refractivity contribution is 0.214. The van der Waals surface area contributed by atoms with Gasteiger partial charge in [0.15, 0.2) is 9.84 Å². The molecule has 1 aliphatic heterocycles. The Bertz CT molecular complexity index is 686. The monoisotopic (exact) mass is 328 g/mol. The van der Waals surface area contributed by atoms with Gasteiger partial charge in [-0.05, 0) is 38.8 Å². The second kappa shape index (κ2) is 5.87. The van der Waals surface area contributed by atoms with Gasteiger partial charge in [0.05, 0.1) is 16.2 Å². The Balaban J connectivity index is 2.13. The molecular formula is C15H21FN2O3S. The first-order valence-corrected chi connectivity index (χ1v) is 8.83. The van der Waals surface area contributed by atoms with Crippen molar-refractivity contribution in [3.8, 4) is 0 Å². The van der Waals surface area contributed by atoms with E-state index in [0.29, 0.717) is 18.5 Å². The van der Waals surface area contributed by atoms with Crippen LogP contribution in [0.25, 0.3) is 0 Å². The minimum absolute atomic E-state index is 0.0796. The third-order valence-corrected chi connectivity index (χ3v) is 6.78. The maximum absolute atomic E-state index is 13.9. The molecule has 0 saturated carbocycles. The van der Waals surface area contributed by atoms with Gasteiger partial charge < -0.3 is 10.2 Å². The molecule has 1 aromatic carbocycles. The zero-order chi connectivity index (χ0) is 16.5. The molecule has 0 bridgehead atoms. The lowest BCUT2D eigenvalue weighted by Gasteiger charge is -2.23. The predicted octanol–water partition coefficient (Wildman–Crippen LogP) is 2.57. The number of carbonyl (C=O) groups excluding carboxylic acids is 1. The van der Waals surface area contributed by atoms with E-state index in [4.69, 9.17) is 0 Å². The van der Waals surface area contributed by atoms with Crippen molar-refractivity contribution in [1.29, 1.82) is 0 Å². The summed E-state index contributed by atoms with van der Waals surface area (Å²) >= 11 is 0. The summed E-state index contributed by atoms with van der Waals surface area (Å²) in [6.07, 6.45) is 0.360. The second-order valence-corrected chi connectivity index (χ2v) is 8.93. The van der Waals surface area contributed by atoms with E-state index in [9.17, 15) is 17.6 Å². The number of nitrogens with one attached hydrogen (secondary N) is 1. The molecule has 122 valence electrons. The van der Waals surface area contributed by atoms with Gasteiger partial charge in [-0.3, -0.25) is 0 Å². The Kier molecular flexibility index (Phi) is 4.47. The summed E-state index contributed by atoms with van der Waals surface area (Å²) in [5.74, 6) is -0.553. The minimum Gasteiger partial charge on any atom is -0.323 e. The number of nitrogens with zero attached hydrogens (tertiary/aromatic N) is 1. The average Bonchev–Trinajstić information content (AvgIpc) is 2.53. The van der Waals surface area contributed by atoms with Crippen LogP contribution in [0.3, 0.4) is 0 Å². The summed E-state index contributed by atoms with van der Waals surface area (Å²) in [6.45, 7) is 5.40. The topological polar surface area (TPSA) is 66.5 Å². The van der Waals surface area contributed by atoms with Gasteiger partial charge >= 0.3 is 6.03 Å². The number of hydrogen-bond acceptors (Lipinski definition) is 3. The fraction of sp³-hybridized carbons (Fsp3) is 0.533. The SMILES string of the molecule is Cc1cccc(NC(=O)N2CCC(C)(C)S(=O)(=O)CC2)c1F. The van der Waals surface area contributed by atoms with Crippen molar-refractivity contribution in [3.05, 3.63) is 29.6 Å². The van der Waals surface area contributed by atoms with E-state index in [2.05, 4.69) is 5.32 Å². The van der Waals surface area contributed by atoms with Crippen molar-refractivity contribution < 1.29 is 17.6 Å². The Morgan fingerprint density at radius 3 is 2.68 bits per heavy atom. The highest BCUT2D eigenvalue weighted by Crippen LogP contribution is 2.25. The number of benzene rings is 1. The lowest BCUT2D eigenvalue weighted by atomic mass is 10.1. The highest BCUT2D eigenvalue weighted by atomic mass is 32.2. The van der Waals surface area contributed by atoms with Crippen LogP contribution >= 0.6 is 0 Å². The number of hydrogen-bond donors (Lipinski definition) is 1. The van der Waals surface area contributed by atoms with Gasteiger partial charge in [-0.2, -0.15) is 0 Å². The summed E-state index contributed by atoms with van der Waals surface area (Å²) in [4.78, 5) is 13.7. The molecule has 0 unspecified atom stereocenters. The number of anilines is 1. The average molecular weight is 328 g/mol. The molecule has 2 amide bonds. The van der Waals surface area contributed by atoms with Gasteiger partial charge in [0.1, 0.15) is 5.82 Å². The van der Waals surface area contributed by atoms with Gasteiger partial charge in [-0.15, -0.1) is 0 Å². The molecule has 1 N–H and O–H groups in total. The van der Waals surface area contributed by atoms with E-state index >= 15 is 0 Å². The maximum atomic E-state index is 13.9. The Morgan fingerprint density at radius 1 is 1.32 bits per heavy atom. The molecule has 1 aliphatic rings. The predicted molar refractivity (Wildman–Crippen MR) is 84.2 cm³/mol. The van der Waals surface area contributed by atoms with Gasteiger partial charge in [-0.25, -0.2) is 17.6 Å². The summed E-state index contributed by atoms with van der Waals surface area (Å²) in [6, 6.07) is 4.28. The highest BCUT2D eigenvalue weighted by molar-refractivity contribution is 7.92. The molecule has 1 aromatic rings. The molecule has 0 spiro atoms. The molecule has 22 heavy (non-hydrogen) atoms. The van der Waals surface area contributed by atoms with Crippen LogP contribution in [-0.2, 0) is 9.84 Å². The van der Waals surface area contributed by atoms with E-state index in [1.165, 1.54) is 11.0 Å². The number of sulfone groups is 1. The second-order valence-electron chi connectivity index (χ2n) is 6.18. The quantitative estimate of drug-likeness (QED) is 0.861. The van der Waals surface area contributed by atoms with Crippen LogP contribution in [0.5, 0.6) is 0 Å². The first kappa shape index (κ1) is 16.7. The molecule has 7 heteroatoms. The van der Waals surface area contributed by atoms with E-state index in [-0.39, 0.29) is 18.0 Å². The molecular weight excluding hydrogens is 307 g/mol. The zero-order valence-corrected chi connectivity index (χ0v) is 13.8. The van der Waals surface area contributed by atoms with Crippen LogP contribution in [0.1, 0.15) is 25.8 Å². The largest absolute Gasteiger partial charge is 0.323 e. The van der Waals surface area contributed by atoms with Gasteiger partial charge in [0.25, 0.3) is 0 Å². The normalized spacial score (nSPS) is 20.3. The first-order valence-electron chi connectivity index (χ1n) is 7.17. The van der Waals surface area contributed by atoms with Gasteiger partial charge in [0.2, 0.25) is 0 Å². The van der Waals surface area contributed by atoms with Gasteiger partial charge in [-0.1, -0.05) is 12.1 Å². The number of amides is 2. The summed E-state index contributed by atoms with van der Waals surface area (Å²) < 4.78 is 37.3. The summed E-state index contributed by atoms with van der Waals surface area (Å²) in [5.41, 5.74) is 0.550. The van der Waals surface area contributed by atoms with Crippen LogP contribution in [0.15, 0.2) is 18.2 Å². The minimum atomic E-state index is -3.25. The molecule has 1 fully saturated rings.